The van der Waals surface area contributed by atoms with E-state index in [1.165, 1.54) is 17.6 Å². The molecule has 2 heterocycles. The molecule has 0 amide bonds. The molecule has 0 N–H and O–H groups in total. The van der Waals surface area contributed by atoms with Crippen LogP contribution in [0.4, 0.5) is 0 Å². The van der Waals surface area contributed by atoms with E-state index in [9.17, 15) is 24.0 Å². The Kier molecular flexibility index (Phi) is 10.8. The average molecular weight is 638 g/mol. The summed E-state index contributed by atoms with van der Waals surface area (Å²) >= 11 is 5.76. The van der Waals surface area contributed by atoms with Gasteiger partial charge in [-0.1, -0.05) is 54.6 Å². The van der Waals surface area contributed by atoms with Crippen molar-refractivity contribution >= 4 is 48.2 Å². The van der Waals surface area contributed by atoms with Crippen LogP contribution in [-0.2, 0) is 42.9 Å². The van der Waals surface area contributed by atoms with E-state index in [1.54, 1.807) is 36.4 Å². The zero-order chi connectivity index (χ0) is 32.7. The van der Waals surface area contributed by atoms with E-state index in [4.69, 9.17) is 35.9 Å². The molecular formula is C31H31N3O10S. The molecule has 0 spiro atoms. The largest absolute Gasteiger partial charge is 0.463 e. The third-order valence-corrected chi connectivity index (χ3v) is 6.85. The molecule has 5 atom stereocenters. The van der Waals surface area contributed by atoms with E-state index in [-0.39, 0.29) is 10.5 Å². The molecule has 1 aliphatic rings. The molecular weight excluding hydrogens is 606 g/mol. The van der Waals surface area contributed by atoms with Gasteiger partial charge in [0.2, 0.25) is 4.77 Å². The first-order chi connectivity index (χ1) is 21.5. The Morgan fingerprint density at radius 2 is 1.36 bits per heavy atom. The predicted octanol–water partition coefficient (Wildman–Crippen LogP) is 3.19. The normalized spacial score (nSPS) is 21.1. The Morgan fingerprint density at radius 1 is 0.800 bits per heavy atom. The lowest BCUT2D eigenvalue weighted by molar-refractivity contribution is -0.271. The highest BCUT2D eigenvalue weighted by Gasteiger charge is 2.53. The lowest BCUT2D eigenvalue weighted by Crippen LogP contribution is -2.61. The topological polar surface area (TPSA) is 154 Å². The van der Waals surface area contributed by atoms with Crippen LogP contribution in [0, 0.1) is 4.77 Å². The van der Waals surface area contributed by atoms with Crippen molar-refractivity contribution in [2.24, 2.45) is 0 Å². The molecule has 1 aliphatic heterocycles. The van der Waals surface area contributed by atoms with Gasteiger partial charge < -0.3 is 23.7 Å². The van der Waals surface area contributed by atoms with Crippen molar-refractivity contribution < 1.29 is 42.9 Å². The van der Waals surface area contributed by atoms with Crippen LogP contribution in [0.25, 0.3) is 17.8 Å². The maximum Gasteiger partial charge on any atom is 0.303 e. The number of nitrogens with zero attached hydrogens (tertiary/aromatic N) is 3. The first-order valence-electron chi connectivity index (χ1n) is 13.8. The lowest BCUT2D eigenvalue weighted by atomic mass is 9.97. The zero-order valence-electron chi connectivity index (χ0n) is 24.9. The smallest absolute Gasteiger partial charge is 0.303 e. The molecule has 3 aromatic rings. The molecule has 236 valence electrons. The fraction of sp³-hybridized carbons (Fsp3) is 0.323. The molecule has 13 nitrogen and oxygen atoms in total. The predicted molar refractivity (Wildman–Crippen MR) is 161 cm³/mol. The molecule has 45 heavy (non-hydrogen) atoms. The van der Waals surface area contributed by atoms with Crippen molar-refractivity contribution in [3.8, 4) is 5.69 Å². The van der Waals surface area contributed by atoms with Gasteiger partial charge in [-0.25, -0.2) is 4.68 Å². The number of carbonyl (C=O) groups excluding carboxylic acids is 4. The number of hydrogen-bond donors (Lipinski definition) is 0. The number of ether oxygens (including phenoxy) is 5. The summed E-state index contributed by atoms with van der Waals surface area (Å²) in [4.78, 5) is 62.3. The summed E-state index contributed by atoms with van der Waals surface area (Å²) in [6, 6.07) is 17.7. The minimum Gasteiger partial charge on any atom is -0.463 e. The van der Waals surface area contributed by atoms with Crippen LogP contribution in [0.5, 0.6) is 0 Å². The summed E-state index contributed by atoms with van der Waals surface area (Å²) in [5.41, 5.74) is 0.569. The van der Waals surface area contributed by atoms with Gasteiger partial charge in [0.05, 0.1) is 5.69 Å². The van der Waals surface area contributed by atoms with Gasteiger partial charge in [-0.15, -0.1) is 0 Å². The second-order valence-electron chi connectivity index (χ2n) is 9.92. The van der Waals surface area contributed by atoms with Crippen molar-refractivity contribution in [2.45, 2.75) is 58.3 Å². The third kappa shape index (κ3) is 8.16. The standard InChI is InChI=1S/C31H31N3O10S/c1-18(35)40-17-25-26(41-19(2)36)27(42-20(3)37)28(43-21(4)38)30(44-25)34-31(45)33(23-13-9-6-10-14-23)29(39)24(32-34)16-15-22-11-7-5-8-12-22/h5-16,25-28,30H,17H2,1-4H3. The number of benzene rings is 2. The first kappa shape index (κ1) is 33.0. The fourth-order valence-corrected chi connectivity index (χ4v) is 5.06. The highest BCUT2D eigenvalue weighted by atomic mass is 32.1. The number of carbonyl (C=O) groups is 4. The SMILES string of the molecule is CC(=O)OCC1OC(n2nc(C=Cc3ccccc3)c(=O)n(-c3ccccc3)c2=S)C(OC(C)=O)C(OC(C)=O)C1OC(C)=O. The Morgan fingerprint density at radius 3 is 1.93 bits per heavy atom. The van der Waals surface area contributed by atoms with Crippen molar-refractivity contribution in [2.75, 3.05) is 6.61 Å². The lowest BCUT2D eigenvalue weighted by Gasteiger charge is -2.44. The summed E-state index contributed by atoms with van der Waals surface area (Å²) in [6.45, 7) is 4.09. The van der Waals surface area contributed by atoms with E-state index in [2.05, 4.69) is 5.10 Å². The molecule has 1 fully saturated rings. The highest BCUT2D eigenvalue weighted by Crippen LogP contribution is 2.34. The Balaban J connectivity index is 1.97. The molecule has 0 saturated carbocycles. The van der Waals surface area contributed by atoms with E-state index in [0.29, 0.717) is 5.69 Å². The quantitative estimate of drug-likeness (QED) is 0.192. The Labute approximate surface area is 262 Å². The Hall–Kier alpha value is -4.95. The molecule has 0 aliphatic carbocycles. The maximum atomic E-state index is 13.8. The van der Waals surface area contributed by atoms with Gasteiger partial charge >= 0.3 is 23.9 Å². The van der Waals surface area contributed by atoms with Gasteiger partial charge in [-0.2, -0.15) is 5.10 Å². The second-order valence-corrected chi connectivity index (χ2v) is 10.3. The van der Waals surface area contributed by atoms with E-state index < -0.39 is 66.7 Å². The summed E-state index contributed by atoms with van der Waals surface area (Å²) in [6.07, 6.45) is -3.86. The summed E-state index contributed by atoms with van der Waals surface area (Å²) < 4.78 is 30.2. The third-order valence-electron chi connectivity index (χ3n) is 6.48. The summed E-state index contributed by atoms with van der Waals surface area (Å²) in [7, 11) is 0. The molecule has 14 heteroatoms. The van der Waals surface area contributed by atoms with Gasteiger partial charge in [0.1, 0.15) is 18.4 Å². The van der Waals surface area contributed by atoms with Crippen molar-refractivity contribution in [1.82, 2.24) is 14.3 Å². The van der Waals surface area contributed by atoms with E-state index in [0.717, 1.165) is 31.0 Å². The highest BCUT2D eigenvalue weighted by molar-refractivity contribution is 7.71. The minimum atomic E-state index is -1.49. The molecule has 5 unspecified atom stereocenters. The van der Waals surface area contributed by atoms with Gasteiger partial charge in [0, 0.05) is 27.7 Å². The van der Waals surface area contributed by atoms with Crippen LogP contribution >= 0.6 is 12.2 Å². The van der Waals surface area contributed by atoms with Gasteiger partial charge in [-0.05, 0) is 36.0 Å². The Bertz CT molecular complexity index is 1700. The number of rotatable bonds is 9. The van der Waals surface area contributed by atoms with E-state index >= 15 is 0 Å². The molecule has 1 aromatic heterocycles. The van der Waals surface area contributed by atoms with Crippen LogP contribution in [-0.4, -0.2) is 69.2 Å². The molecule has 0 radical (unpaired) electrons. The van der Waals surface area contributed by atoms with Crippen molar-refractivity contribution in [3.05, 3.63) is 87.0 Å². The molecule has 0 bridgehead atoms. The van der Waals surface area contributed by atoms with Crippen LogP contribution in [0.2, 0.25) is 0 Å². The number of para-hydroxylation sites is 1. The second kappa shape index (κ2) is 14.7. The van der Waals surface area contributed by atoms with Crippen LogP contribution in [0.15, 0.2) is 65.5 Å². The molecule has 2 aromatic carbocycles. The maximum absolute atomic E-state index is 13.8. The summed E-state index contributed by atoms with van der Waals surface area (Å²) in [5.74, 6) is -3.02. The number of hydrogen-bond acceptors (Lipinski definition) is 12. The zero-order valence-corrected chi connectivity index (χ0v) is 25.7. The number of aromatic nitrogens is 3. The van der Waals surface area contributed by atoms with Crippen molar-refractivity contribution in [3.63, 3.8) is 0 Å². The van der Waals surface area contributed by atoms with Crippen LogP contribution in [0.3, 0.4) is 0 Å². The van der Waals surface area contributed by atoms with Crippen molar-refractivity contribution in [1.29, 1.82) is 0 Å². The summed E-state index contributed by atoms with van der Waals surface area (Å²) in [5, 5.41) is 4.50. The van der Waals surface area contributed by atoms with Crippen LogP contribution in [0.1, 0.15) is 45.2 Å². The molecule has 1 saturated heterocycles. The van der Waals surface area contributed by atoms with E-state index in [1.807, 2.05) is 30.3 Å². The van der Waals surface area contributed by atoms with Gasteiger partial charge in [0.25, 0.3) is 5.56 Å². The molecule has 4 rings (SSSR count). The van der Waals surface area contributed by atoms with Crippen LogP contribution < -0.4 is 5.56 Å². The van der Waals surface area contributed by atoms with Gasteiger partial charge in [0.15, 0.2) is 24.5 Å². The monoisotopic (exact) mass is 637 g/mol. The average Bonchev–Trinajstić information content (AvgIpc) is 2.98. The fourth-order valence-electron chi connectivity index (χ4n) is 4.72. The number of esters is 4. The first-order valence-corrected chi connectivity index (χ1v) is 14.2. The minimum absolute atomic E-state index is 0.0656. The van der Waals surface area contributed by atoms with Gasteiger partial charge in [-0.3, -0.25) is 28.5 Å².